The predicted molar refractivity (Wildman–Crippen MR) is 153 cm³/mol. The summed E-state index contributed by atoms with van der Waals surface area (Å²) in [5.74, 6) is 1.07. The van der Waals surface area contributed by atoms with Crippen LogP contribution >= 0.6 is 0 Å². The molecular weight excluding hydrogens is 490 g/mol. The van der Waals surface area contributed by atoms with Gasteiger partial charge in [0.1, 0.15) is 17.6 Å². The molecule has 0 saturated heterocycles. The number of anilines is 2. The Morgan fingerprint density at radius 3 is 2.51 bits per heavy atom. The average molecular weight is 520 g/mol. The summed E-state index contributed by atoms with van der Waals surface area (Å²) < 4.78 is 11.4. The van der Waals surface area contributed by atoms with Gasteiger partial charge in [-0.3, -0.25) is 4.79 Å². The highest BCUT2D eigenvalue weighted by molar-refractivity contribution is 6.05. The zero-order valence-corrected chi connectivity index (χ0v) is 21.8. The number of nitrogen functional groups attached to an aromatic ring is 1. The van der Waals surface area contributed by atoms with Crippen LogP contribution in [-0.2, 0) is 6.42 Å². The molecule has 0 aliphatic rings. The average Bonchev–Trinajstić information content (AvgIpc) is 2.97. The van der Waals surface area contributed by atoms with Crippen molar-refractivity contribution in [3.05, 3.63) is 102 Å². The van der Waals surface area contributed by atoms with E-state index in [0.29, 0.717) is 35.2 Å². The SMILES string of the molecule is COc1ccc(-c2cc(OCCCc3ccc(C(=O)Nc4ccccc4N)cc3)c3ncnc(C)c3c2)cn1. The van der Waals surface area contributed by atoms with Crippen LogP contribution in [0.2, 0.25) is 0 Å². The molecule has 0 aliphatic heterocycles. The third kappa shape index (κ3) is 5.96. The fraction of sp³-hybridized carbons (Fsp3) is 0.161. The van der Waals surface area contributed by atoms with Gasteiger partial charge in [-0.05, 0) is 73.4 Å². The first-order chi connectivity index (χ1) is 19.0. The molecule has 0 fully saturated rings. The number of pyridine rings is 1. The van der Waals surface area contributed by atoms with Crippen LogP contribution in [-0.4, -0.2) is 34.6 Å². The largest absolute Gasteiger partial charge is 0.491 e. The molecule has 5 rings (SSSR count). The number of amides is 1. The molecule has 2 aromatic heterocycles. The number of para-hydroxylation sites is 2. The lowest BCUT2D eigenvalue weighted by molar-refractivity contribution is 0.102. The highest BCUT2D eigenvalue weighted by Gasteiger charge is 2.12. The van der Waals surface area contributed by atoms with Crippen molar-refractivity contribution in [3.63, 3.8) is 0 Å². The molecule has 3 aromatic carbocycles. The lowest BCUT2D eigenvalue weighted by atomic mass is 10.0. The molecule has 196 valence electrons. The molecule has 0 spiro atoms. The second-order valence-corrected chi connectivity index (χ2v) is 9.11. The van der Waals surface area contributed by atoms with Crippen molar-refractivity contribution in [1.82, 2.24) is 15.0 Å². The van der Waals surface area contributed by atoms with Crippen LogP contribution in [0.3, 0.4) is 0 Å². The minimum absolute atomic E-state index is 0.195. The fourth-order valence-electron chi connectivity index (χ4n) is 4.29. The van der Waals surface area contributed by atoms with Crippen LogP contribution in [0.15, 0.2) is 85.3 Å². The number of nitrogens with one attached hydrogen (secondary N) is 1. The van der Waals surface area contributed by atoms with Gasteiger partial charge in [0.25, 0.3) is 5.91 Å². The Bertz CT molecular complexity index is 1600. The first kappa shape index (κ1) is 25.7. The molecule has 8 heteroatoms. The third-order valence-electron chi connectivity index (χ3n) is 6.47. The molecule has 5 aromatic rings. The van der Waals surface area contributed by atoms with Crippen LogP contribution < -0.4 is 20.5 Å². The van der Waals surface area contributed by atoms with Crippen molar-refractivity contribution < 1.29 is 14.3 Å². The summed E-state index contributed by atoms with van der Waals surface area (Å²) in [5, 5.41) is 3.79. The van der Waals surface area contributed by atoms with Crippen molar-refractivity contribution in [3.8, 4) is 22.8 Å². The third-order valence-corrected chi connectivity index (χ3v) is 6.47. The van der Waals surface area contributed by atoms with Gasteiger partial charge in [0, 0.05) is 34.5 Å². The van der Waals surface area contributed by atoms with Gasteiger partial charge in [0.05, 0.1) is 25.1 Å². The number of nitrogens with two attached hydrogens (primary N) is 1. The summed E-state index contributed by atoms with van der Waals surface area (Å²) in [6.07, 6.45) is 4.94. The maximum absolute atomic E-state index is 12.6. The minimum Gasteiger partial charge on any atom is -0.491 e. The lowest BCUT2D eigenvalue weighted by Crippen LogP contribution is -2.13. The van der Waals surface area contributed by atoms with Crippen LogP contribution in [0.5, 0.6) is 11.6 Å². The van der Waals surface area contributed by atoms with E-state index in [1.807, 2.05) is 61.5 Å². The first-order valence-corrected chi connectivity index (χ1v) is 12.6. The van der Waals surface area contributed by atoms with E-state index in [9.17, 15) is 4.79 Å². The number of ether oxygens (including phenoxy) is 2. The summed E-state index contributed by atoms with van der Waals surface area (Å²) in [7, 11) is 1.60. The molecule has 0 unspecified atom stereocenters. The molecule has 0 bridgehead atoms. The Balaban J connectivity index is 1.24. The van der Waals surface area contributed by atoms with E-state index in [4.69, 9.17) is 15.2 Å². The van der Waals surface area contributed by atoms with E-state index in [0.717, 1.165) is 46.1 Å². The van der Waals surface area contributed by atoms with Crippen molar-refractivity contribution >= 4 is 28.2 Å². The number of fused-ring (bicyclic) bond motifs is 1. The van der Waals surface area contributed by atoms with Gasteiger partial charge >= 0.3 is 0 Å². The van der Waals surface area contributed by atoms with Gasteiger partial charge in [0.2, 0.25) is 5.88 Å². The number of carbonyl (C=O) groups is 1. The van der Waals surface area contributed by atoms with E-state index in [1.165, 1.54) is 0 Å². The molecule has 1 amide bonds. The van der Waals surface area contributed by atoms with Crippen LogP contribution in [0.25, 0.3) is 22.0 Å². The summed E-state index contributed by atoms with van der Waals surface area (Å²) in [6.45, 7) is 2.47. The van der Waals surface area contributed by atoms with Crippen LogP contribution in [0, 0.1) is 6.92 Å². The monoisotopic (exact) mass is 519 g/mol. The molecule has 39 heavy (non-hydrogen) atoms. The second kappa shape index (κ2) is 11.6. The van der Waals surface area contributed by atoms with Crippen molar-refractivity contribution in [1.29, 1.82) is 0 Å². The van der Waals surface area contributed by atoms with Crippen molar-refractivity contribution in [2.75, 3.05) is 24.8 Å². The molecule has 2 heterocycles. The Kier molecular flexibility index (Phi) is 7.63. The number of benzene rings is 3. The number of nitrogens with zero attached hydrogens (tertiary/aromatic N) is 3. The second-order valence-electron chi connectivity index (χ2n) is 9.11. The molecular formula is C31H29N5O3. The maximum atomic E-state index is 12.6. The molecule has 3 N–H and O–H groups in total. The number of hydrogen-bond donors (Lipinski definition) is 2. The summed E-state index contributed by atoms with van der Waals surface area (Å²) >= 11 is 0. The number of methoxy groups -OCH3 is 1. The summed E-state index contributed by atoms with van der Waals surface area (Å²) in [4.78, 5) is 25.8. The van der Waals surface area contributed by atoms with E-state index in [1.54, 1.807) is 31.8 Å². The Hall–Kier alpha value is -4.98. The zero-order valence-electron chi connectivity index (χ0n) is 21.8. The molecule has 0 saturated carbocycles. The van der Waals surface area contributed by atoms with E-state index in [2.05, 4.69) is 26.3 Å². The van der Waals surface area contributed by atoms with Crippen LogP contribution in [0.4, 0.5) is 11.4 Å². The van der Waals surface area contributed by atoms with E-state index in [-0.39, 0.29) is 5.91 Å². The summed E-state index contributed by atoms with van der Waals surface area (Å²) in [6, 6.07) is 22.6. The van der Waals surface area contributed by atoms with Gasteiger partial charge < -0.3 is 20.5 Å². The standard InChI is InChI=1S/C31H29N5O3/c1-20-25-16-24(23-13-14-29(38-2)33-18-23)17-28(30(25)35-19-34-20)39-15-5-6-21-9-11-22(12-10-21)31(37)36-27-8-4-3-7-26(27)32/h3-4,7-14,16-19H,5-6,15,32H2,1-2H3,(H,36,37). The number of hydrogen-bond acceptors (Lipinski definition) is 7. The quantitative estimate of drug-likeness (QED) is 0.185. The topological polar surface area (TPSA) is 112 Å². The van der Waals surface area contributed by atoms with Gasteiger partial charge in [-0.2, -0.15) is 0 Å². The summed E-state index contributed by atoms with van der Waals surface area (Å²) in [5.41, 5.74) is 12.3. The van der Waals surface area contributed by atoms with Gasteiger partial charge in [-0.15, -0.1) is 0 Å². The smallest absolute Gasteiger partial charge is 0.255 e. The number of aromatic nitrogens is 3. The van der Waals surface area contributed by atoms with Gasteiger partial charge in [-0.25, -0.2) is 15.0 Å². The van der Waals surface area contributed by atoms with Gasteiger partial charge in [0.15, 0.2) is 0 Å². The van der Waals surface area contributed by atoms with E-state index >= 15 is 0 Å². The van der Waals surface area contributed by atoms with Crippen molar-refractivity contribution in [2.45, 2.75) is 19.8 Å². The molecule has 0 radical (unpaired) electrons. The molecule has 8 nitrogen and oxygen atoms in total. The van der Waals surface area contributed by atoms with Gasteiger partial charge in [-0.1, -0.05) is 24.3 Å². The molecule has 0 aliphatic carbocycles. The van der Waals surface area contributed by atoms with Crippen LogP contribution in [0.1, 0.15) is 28.0 Å². The van der Waals surface area contributed by atoms with E-state index < -0.39 is 0 Å². The zero-order chi connectivity index (χ0) is 27.2. The molecule has 0 atom stereocenters. The van der Waals surface area contributed by atoms with Crippen molar-refractivity contribution in [2.24, 2.45) is 0 Å². The Morgan fingerprint density at radius 2 is 1.77 bits per heavy atom. The number of carbonyl (C=O) groups excluding carboxylic acids is 1. The Labute approximate surface area is 226 Å². The number of aryl methyl sites for hydroxylation is 2. The first-order valence-electron chi connectivity index (χ1n) is 12.6. The minimum atomic E-state index is -0.195. The maximum Gasteiger partial charge on any atom is 0.255 e. The lowest BCUT2D eigenvalue weighted by Gasteiger charge is -2.13. The fourth-order valence-corrected chi connectivity index (χ4v) is 4.29. The highest BCUT2D eigenvalue weighted by atomic mass is 16.5. The predicted octanol–water partition coefficient (Wildman–Crippen LogP) is 5.85. The highest BCUT2D eigenvalue weighted by Crippen LogP contribution is 2.32. The number of rotatable bonds is 9. The normalized spacial score (nSPS) is 10.8. The Morgan fingerprint density at radius 1 is 0.949 bits per heavy atom.